The van der Waals surface area contributed by atoms with Crippen molar-refractivity contribution in [2.24, 2.45) is 0 Å². The zero-order valence-electron chi connectivity index (χ0n) is 6.08. The highest BCUT2D eigenvalue weighted by atomic mass is 32.1. The topological polar surface area (TPSA) is 45.1 Å². The molecule has 0 amide bonds. The predicted octanol–water partition coefficient (Wildman–Crippen LogP) is 1.21. The van der Waals surface area contributed by atoms with Crippen LogP contribution in [0.3, 0.4) is 0 Å². The Bertz CT molecular complexity index is 244. The maximum atomic E-state index is 8.72. The van der Waals surface area contributed by atoms with Crippen molar-refractivity contribution in [3.05, 3.63) is 11.1 Å². The molecule has 60 valence electrons. The van der Waals surface area contributed by atoms with E-state index >= 15 is 0 Å². The summed E-state index contributed by atoms with van der Waals surface area (Å²) in [7, 11) is 0. The molecule has 11 heavy (non-hydrogen) atoms. The van der Waals surface area contributed by atoms with Crippen molar-refractivity contribution in [1.82, 2.24) is 4.98 Å². The van der Waals surface area contributed by atoms with Crippen molar-refractivity contribution in [1.29, 1.82) is 0 Å². The molecule has 3 nitrogen and oxygen atoms in total. The van der Waals surface area contributed by atoms with E-state index in [1.807, 2.05) is 5.38 Å². The number of aromatic nitrogens is 1. The van der Waals surface area contributed by atoms with Crippen molar-refractivity contribution in [3.63, 3.8) is 0 Å². The molecule has 0 aromatic carbocycles. The van der Waals surface area contributed by atoms with Gasteiger partial charge in [-0.1, -0.05) is 0 Å². The Morgan fingerprint density at radius 3 is 3.09 bits per heavy atom. The van der Waals surface area contributed by atoms with Crippen LogP contribution in [0.4, 0.5) is 5.13 Å². The van der Waals surface area contributed by atoms with E-state index in [-0.39, 0.29) is 6.61 Å². The predicted molar refractivity (Wildman–Crippen MR) is 44.7 cm³/mol. The summed E-state index contributed by atoms with van der Waals surface area (Å²) in [4.78, 5) is 4.17. The third-order valence-corrected chi connectivity index (χ3v) is 2.44. The average molecular weight is 170 g/mol. The van der Waals surface area contributed by atoms with Gasteiger partial charge in [-0.05, 0) is 12.8 Å². The van der Waals surface area contributed by atoms with E-state index < -0.39 is 0 Å². The van der Waals surface area contributed by atoms with Crippen LogP contribution in [0.2, 0.25) is 0 Å². The first-order chi connectivity index (χ1) is 5.38. The second-order valence-corrected chi connectivity index (χ2v) is 3.58. The van der Waals surface area contributed by atoms with Crippen LogP contribution in [0.5, 0.6) is 0 Å². The Morgan fingerprint density at radius 2 is 2.55 bits per heavy atom. The average Bonchev–Trinajstić information content (AvgIpc) is 2.68. The zero-order chi connectivity index (χ0) is 7.68. The minimum atomic E-state index is 0.0445. The van der Waals surface area contributed by atoms with E-state index in [0.717, 1.165) is 10.8 Å². The normalized spacial score (nSPS) is 16.8. The smallest absolute Gasteiger partial charge is 0.183 e. The zero-order valence-corrected chi connectivity index (χ0v) is 6.90. The molecule has 1 aromatic rings. The Hall–Kier alpha value is -0.610. The molecular weight excluding hydrogens is 160 g/mol. The molecule has 4 heteroatoms. The Balaban J connectivity index is 1.99. The van der Waals surface area contributed by atoms with E-state index in [2.05, 4.69) is 10.3 Å². The Kier molecular flexibility index (Phi) is 1.79. The van der Waals surface area contributed by atoms with Crippen LogP contribution < -0.4 is 5.32 Å². The first-order valence-electron chi connectivity index (χ1n) is 3.70. The lowest BCUT2D eigenvalue weighted by atomic mass is 10.5. The molecule has 0 radical (unpaired) electrons. The van der Waals surface area contributed by atoms with E-state index in [1.165, 1.54) is 12.8 Å². The Morgan fingerprint density at radius 1 is 1.73 bits per heavy atom. The SMILES string of the molecule is OCc1csc(NC2CC2)n1. The fraction of sp³-hybridized carbons (Fsp3) is 0.571. The summed E-state index contributed by atoms with van der Waals surface area (Å²) in [5, 5.41) is 14.8. The maximum absolute atomic E-state index is 8.72. The molecule has 1 fully saturated rings. The minimum Gasteiger partial charge on any atom is -0.390 e. The van der Waals surface area contributed by atoms with E-state index in [9.17, 15) is 0 Å². The quantitative estimate of drug-likeness (QED) is 0.716. The van der Waals surface area contributed by atoms with Crippen molar-refractivity contribution in [2.45, 2.75) is 25.5 Å². The molecule has 2 N–H and O–H groups in total. The maximum Gasteiger partial charge on any atom is 0.183 e. The van der Waals surface area contributed by atoms with Crippen LogP contribution >= 0.6 is 11.3 Å². The third-order valence-electron chi connectivity index (χ3n) is 1.62. The fourth-order valence-corrected chi connectivity index (χ4v) is 1.63. The highest BCUT2D eigenvalue weighted by Crippen LogP contribution is 2.26. The van der Waals surface area contributed by atoms with Gasteiger partial charge < -0.3 is 10.4 Å². The van der Waals surface area contributed by atoms with Crippen LogP contribution in [-0.2, 0) is 6.61 Å². The third kappa shape index (κ3) is 1.70. The highest BCUT2D eigenvalue weighted by molar-refractivity contribution is 7.13. The van der Waals surface area contributed by atoms with Crippen LogP contribution in [0, 0.1) is 0 Å². The van der Waals surface area contributed by atoms with Crippen molar-refractivity contribution in [2.75, 3.05) is 5.32 Å². The van der Waals surface area contributed by atoms with Crippen molar-refractivity contribution in [3.8, 4) is 0 Å². The number of anilines is 1. The van der Waals surface area contributed by atoms with Gasteiger partial charge >= 0.3 is 0 Å². The van der Waals surface area contributed by atoms with Crippen LogP contribution in [0.15, 0.2) is 5.38 Å². The standard InChI is InChI=1S/C7H10N2OS/c10-3-6-4-11-7(9-6)8-5-1-2-5/h4-5,10H,1-3H2,(H,8,9). The molecule has 0 saturated heterocycles. The lowest BCUT2D eigenvalue weighted by molar-refractivity contribution is 0.278. The number of hydrogen-bond acceptors (Lipinski definition) is 4. The molecule has 2 rings (SSSR count). The van der Waals surface area contributed by atoms with Gasteiger partial charge in [0.05, 0.1) is 12.3 Å². The largest absolute Gasteiger partial charge is 0.390 e. The van der Waals surface area contributed by atoms with Gasteiger partial charge in [0.2, 0.25) is 0 Å². The molecule has 0 bridgehead atoms. The van der Waals surface area contributed by atoms with Crippen molar-refractivity contribution < 1.29 is 5.11 Å². The summed E-state index contributed by atoms with van der Waals surface area (Å²) >= 11 is 1.56. The van der Waals surface area contributed by atoms with Gasteiger partial charge in [0.25, 0.3) is 0 Å². The Labute approximate surface area is 69.1 Å². The molecule has 1 aliphatic carbocycles. The van der Waals surface area contributed by atoms with Gasteiger partial charge in [-0.2, -0.15) is 0 Å². The number of thiazole rings is 1. The van der Waals surface area contributed by atoms with Gasteiger partial charge in [-0.25, -0.2) is 4.98 Å². The van der Waals surface area contributed by atoms with E-state index in [4.69, 9.17) is 5.11 Å². The minimum absolute atomic E-state index is 0.0445. The van der Waals surface area contributed by atoms with Crippen LogP contribution in [-0.4, -0.2) is 16.1 Å². The summed E-state index contributed by atoms with van der Waals surface area (Å²) < 4.78 is 0. The number of nitrogens with zero attached hydrogens (tertiary/aromatic N) is 1. The van der Waals surface area contributed by atoms with E-state index in [1.54, 1.807) is 11.3 Å². The highest BCUT2D eigenvalue weighted by Gasteiger charge is 2.21. The number of hydrogen-bond donors (Lipinski definition) is 2. The van der Waals surface area contributed by atoms with Gasteiger partial charge in [-0.15, -0.1) is 11.3 Å². The monoisotopic (exact) mass is 170 g/mol. The molecule has 0 unspecified atom stereocenters. The number of rotatable bonds is 3. The molecule has 1 aromatic heterocycles. The van der Waals surface area contributed by atoms with Gasteiger partial charge in [0, 0.05) is 11.4 Å². The van der Waals surface area contributed by atoms with Gasteiger partial charge in [-0.3, -0.25) is 0 Å². The lowest BCUT2D eigenvalue weighted by Crippen LogP contribution is -1.99. The molecule has 1 heterocycles. The summed E-state index contributed by atoms with van der Waals surface area (Å²) in [6.07, 6.45) is 2.52. The first kappa shape index (κ1) is 7.06. The molecule has 1 saturated carbocycles. The molecule has 1 aliphatic rings. The van der Waals surface area contributed by atoms with Gasteiger partial charge in [0.1, 0.15) is 0 Å². The number of aliphatic hydroxyl groups is 1. The van der Waals surface area contributed by atoms with Gasteiger partial charge in [0.15, 0.2) is 5.13 Å². The second kappa shape index (κ2) is 2.79. The molecular formula is C7H10N2OS. The first-order valence-corrected chi connectivity index (χ1v) is 4.58. The lowest BCUT2D eigenvalue weighted by Gasteiger charge is -1.95. The molecule has 0 aliphatic heterocycles. The summed E-state index contributed by atoms with van der Waals surface area (Å²) in [6, 6.07) is 0.646. The summed E-state index contributed by atoms with van der Waals surface area (Å²) in [6.45, 7) is 0.0445. The molecule has 0 atom stereocenters. The van der Waals surface area contributed by atoms with E-state index in [0.29, 0.717) is 6.04 Å². The number of aliphatic hydroxyl groups excluding tert-OH is 1. The molecule has 0 spiro atoms. The summed E-state index contributed by atoms with van der Waals surface area (Å²) in [5.74, 6) is 0. The van der Waals surface area contributed by atoms with Crippen molar-refractivity contribution >= 4 is 16.5 Å². The fourth-order valence-electron chi connectivity index (χ4n) is 0.848. The van der Waals surface area contributed by atoms with Crippen LogP contribution in [0.1, 0.15) is 18.5 Å². The summed E-state index contributed by atoms with van der Waals surface area (Å²) in [5.41, 5.74) is 0.762. The van der Waals surface area contributed by atoms with Crippen LogP contribution in [0.25, 0.3) is 0 Å². The second-order valence-electron chi connectivity index (χ2n) is 2.72. The number of nitrogens with one attached hydrogen (secondary N) is 1.